The lowest BCUT2D eigenvalue weighted by molar-refractivity contribution is 0.0987. The molecule has 3 aromatic rings. The summed E-state index contributed by atoms with van der Waals surface area (Å²) in [4.78, 5) is 27.0. The Bertz CT molecular complexity index is 1180. The Kier molecular flexibility index (Phi) is 8.56. The number of carbonyl (C=O) groups excluding carboxylic acids is 2. The maximum Gasteiger partial charge on any atom is 0.319 e. The summed E-state index contributed by atoms with van der Waals surface area (Å²) < 4.78 is 23.9. The third-order valence-electron chi connectivity index (χ3n) is 4.82. The molecule has 0 saturated carbocycles. The monoisotopic (exact) mass is 505 g/mol. The summed E-state index contributed by atoms with van der Waals surface area (Å²) in [5, 5.41) is 5.96. The van der Waals surface area contributed by atoms with Crippen LogP contribution in [-0.2, 0) is 0 Å². The minimum Gasteiger partial charge on any atom is -0.497 e. The first kappa shape index (κ1) is 25.1. The molecule has 0 radical (unpaired) electrons. The molecular formula is C24H22Cl2FN3O4. The van der Waals surface area contributed by atoms with E-state index in [0.717, 1.165) is 0 Å². The molecular weight excluding hydrogens is 484 g/mol. The molecule has 0 spiro atoms. The molecule has 0 bridgehead atoms. The van der Waals surface area contributed by atoms with Crippen LogP contribution in [0.1, 0.15) is 10.4 Å². The van der Waals surface area contributed by atoms with Crippen LogP contribution in [0.2, 0.25) is 10.0 Å². The van der Waals surface area contributed by atoms with Crippen molar-refractivity contribution in [2.45, 2.75) is 0 Å². The average molecular weight is 506 g/mol. The molecule has 34 heavy (non-hydrogen) atoms. The second-order valence-corrected chi connectivity index (χ2v) is 7.85. The summed E-state index contributed by atoms with van der Waals surface area (Å²) >= 11 is 12.2. The van der Waals surface area contributed by atoms with Crippen molar-refractivity contribution in [3.05, 3.63) is 82.1 Å². The van der Waals surface area contributed by atoms with Gasteiger partial charge in [0.05, 0.1) is 30.5 Å². The fraction of sp³-hybridized carbons (Fsp3) is 0.167. The van der Waals surface area contributed by atoms with E-state index in [1.165, 1.54) is 55.5 Å². The van der Waals surface area contributed by atoms with Gasteiger partial charge in [-0.3, -0.25) is 4.79 Å². The number of rotatable bonds is 8. The summed E-state index contributed by atoms with van der Waals surface area (Å²) in [6.45, 7) is 0.190. The van der Waals surface area contributed by atoms with E-state index in [4.69, 9.17) is 32.7 Å². The van der Waals surface area contributed by atoms with Crippen molar-refractivity contribution in [3.63, 3.8) is 0 Å². The Labute approximate surface area is 206 Å². The molecule has 178 valence electrons. The largest absolute Gasteiger partial charge is 0.497 e. The number of urea groups is 1. The number of benzene rings is 3. The Balaban J connectivity index is 1.71. The minimum absolute atomic E-state index is 0.0938. The molecule has 0 aromatic heterocycles. The molecule has 0 aliphatic heterocycles. The van der Waals surface area contributed by atoms with Gasteiger partial charge in [0.15, 0.2) is 0 Å². The van der Waals surface area contributed by atoms with Crippen molar-refractivity contribution < 1.29 is 23.5 Å². The minimum atomic E-state index is -0.500. The highest BCUT2D eigenvalue weighted by Gasteiger charge is 2.21. The second kappa shape index (κ2) is 11.6. The molecule has 3 aromatic carbocycles. The number of nitrogens with zero attached hydrogens (tertiary/aromatic N) is 1. The molecule has 0 unspecified atom stereocenters. The maximum atomic E-state index is 13.4. The van der Waals surface area contributed by atoms with E-state index in [9.17, 15) is 14.0 Å². The Hall–Kier alpha value is -3.49. The van der Waals surface area contributed by atoms with Crippen LogP contribution in [0.5, 0.6) is 11.5 Å². The number of hydrogen-bond acceptors (Lipinski definition) is 4. The van der Waals surface area contributed by atoms with Crippen molar-refractivity contribution in [1.29, 1.82) is 0 Å². The van der Waals surface area contributed by atoms with Gasteiger partial charge in [0, 0.05) is 29.9 Å². The van der Waals surface area contributed by atoms with Crippen molar-refractivity contribution in [3.8, 4) is 11.5 Å². The maximum absolute atomic E-state index is 13.4. The molecule has 10 heteroatoms. The van der Waals surface area contributed by atoms with Crippen molar-refractivity contribution in [1.82, 2.24) is 5.32 Å². The quantitative estimate of drug-likeness (QED) is 0.416. The van der Waals surface area contributed by atoms with Gasteiger partial charge in [-0.1, -0.05) is 23.2 Å². The molecule has 0 fully saturated rings. The predicted molar refractivity (Wildman–Crippen MR) is 131 cm³/mol. The smallest absolute Gasteiger partial charge is 0.319 e. The van der Waals surface area contributed by atoms with Crippen LogP contribution in [0, 0.1) is 5.82 Å². The fourth-order valence-corrected chi connectivity index (χ4v) is 3.62. The highest BCUT2D eigenvalue weighted by Crippen LogP contribution is 2.29. The number of nitrogens with one attached hydrogen (secondary N) is 2. The Morgan fingerprint density at radius 3 is 2.35 bits per heavy atom. The predicted octanol–water partition coefficient (Wildman–Crippen LogP) is 5.62. The van der Waals surface area contributed by atoms with Crippen molar-refractivity contribution >= 4 is 46.5 Å². The van der Waals surface area contributed by atoms with E-state index in [1.807, 2.05) is 0 Å². The Morgan fingerprint density at radius 1 is 0.971 bits per heavy atom. The SMILES string of the molecule is COc1ccc(NC(=O)NCCN(C(=O)c2ccc(Cl)cc2Cl)c2ccc(F)cc2)c(OC)c1. The van der Waals surface area contributed by atoms with Gasteiger partial charge < -0.3 is 25.0 Å². The topological polar surface area (TPSA) is 79.9 Å². The van der Waals surface area contributed by atoms with Crippen molar-refractivity contribution in [2.24, 2.45) is 0 Å². The number of amides is 3. The summed E-state index contributed by atoms with van der Waals surface area (Å²) in [6, 6.07) is 14.4. The summed E-state index contributed by atoms with van der Waals surface area (Å²) in [5.41, 5.74) is 1.11. The number of ether oxygens (including phenoxy) is 2. The molecule has 3 amide bonds. The summed E-state index contributed by atoms with van der Waals surface area (Å²) in [6.07, 6.45) is 0. The average Bonchev–Trinajstić information content (AvgIpc) is 2.82. The number of anilines is 2. The zero-order valence-electron chi connectivity index (χ0n) is 18.4. The number of halogens is 3. The lowest BCUT2D eigenvalue weighted by Gasteiger charge is -2.24. The van der Waals surface area contributed by atoms with Gasteiger partial charge >= 0.3 is 6.03 Å². The van der Waals surface area contributed by atoms with E-state index in [1.54, 1.807) is 24.3 Å². The van der Waals surface area contributed by atoms with E-state index in [-0.39, 0.29) is 23.7 Å². The van der Waals surface area contributed by atoms with Gasteiger partial charge in [0.2, 0.25) is 0 Å². The van der Waals surface area contributed by atoms with Gasteiger partial charge in [-0.25, -0.2) is 9.18 Å². The van der Waals surface area contributed by atoms with E-state index in [2.05, 4.69) is 10.6 Å². The fourth-order valence-electron chi connectivity index (χ4n) is 3.13. The van der Waals surface area contributed by atoms with Gasteiger partial charge in [-0.2, -0.15) is 0 Å². The van der Waals surface area contributed by atoms with E-state index in [0.29, 0.717) is 27.9 Å². The van der Waals surface area contributed by atoms with Crippen molar-refractivity contribution in [2.75, 3.05) is 37.5 Å². The standard InChI is InChI=1S/C24H22Cl2FN3O4/c1-33-18-8-10-21(22(14-18)34-2)29-24(32)28-11-12-30(17-6-4-16(27)5-7-17)23(31)19-9-3-15(25)13-20(19)26/h3-10,13-14H,11-12H2,1-2H3,(H2,28,29,32). The first-order valence-electron chi connectivity index (χ1n) is 10.1. The zero-order chi connectivity index (χ0) is 24.7. The summed E-state index contributed by atoms with van der Waals surface area (Å²) in [5.74, 6) is 0.144. The molecule has 0 atom stereocenters. The lowest BCUT2D eigenvalue weighted by atomic mass is 10.1. The Morgan fingerprint density at radius 2 is 1.71 bits per heavy atom. The normalized spacial score (nSPS) is 10.4. The molecule has 3 rings (SSSR count). The van der Waals surface area contributed by atoms with Gasteiger partial charge in [0.25, 0.3) is 5.91 Å². The van der Waals surface area contributed by atoms with Crippen LogP contribution in [0.25, 0.3) is 0 Å². The van der Waals surface area contributed by atoms with Crippen LogP contribution < -0.4 is 25.0 Å². The van der Waals surface area contributed by atoms with Crippen LogP contribution in [-0.4, -0.2) is 39.2 Å². The lowest BCUT2D eigenvalue weighted by Crippen LogP contribution is -2.40. The number of carbonyl (C=O) groups is 2. The van der Waals surface area contributed by atoms with Gasteiger partial charge in [-0.15, -0.1) is 0 Å². The highest BCUT2D eigenvalue weighted by molar-refractivity contribution is 6.37. The molecule has 0 aliphatic carbocycles. The third kappa shape index (κ3) is 6.30. The third-order valence-corrected chi connectivity index (χ3v) is 5.37. The zero-order valence-corrected chi connectivity index (χ0v) is 19.9. The molecule has 7 nitrogen and oxygen atoms in total. The summed E-state index contributed by atoms with van der Waals surface area (Å²) in [7, 11) is 3.01. The number of methoxy groups -OCH3 is 2. The van der Waals surface area contributed by atoms with Crippen LogP contribution in [0.15, 0.2) is 60.7 Å². The second-order valence-electron chi connectivity index (χ2n) is 7.00. The number of hydrogen-bond donors (Lipinski definition) is 2. The first-order chi connectivity index (χ1) is 16.3. The van der Waals surface area contributed by atoms with Gasteiger partial charge in [-0.05, 0) is 54.6 Å². The van der Waals surface area contributed by atoms with Crippen LogP contribution >= 0.6 is 23.2 Å². The molecule has 0 aliphatic rings. The van der Waals surface area contributed by atoms with Gasteiger partial charge in [0.1, 0.15) is 17.3 Å². The molecule has 0 heterocycles. The molecule has 2 N–H and O–H groups in total. The van der Waals surface area contributed by atoms with E-state index < -0.39 is 17.8 Å². The first-order valence-corrected chi connectivity index (χ1v) is 10.9. The van der Waals surface area contributed by atoms with Crippen LogP contribution in [0.3, 0.4) is 0 Å². The molecule has 0 saturated heterocycles. The highest BCUT2D eigenvalue weighted by atomic mass is 35.5. The van der Waals surface area contributed by atoms with E-state index >= 15 is 0 Å². The van der Waals surface area contributed by atoms with Crippen LogP contribution in [0.4, 0.5) is 20.6 Å².